The monoisotopic (exact) mass is 224 g/mol. The van der Waals surface area contributed by atoms with Crippen molar-refractivity contribution >= 4 is 0 Å². The van der Waals surface area contributed by atoms with Gasteiger partial charge in [0.2, 0.25) is 0 Å². The molecule has 0 amide bonds. The van der Waals surface area contributed by atoms with Gasteiger partial charge < -0.3 is 11.1 Å². The Balaban J connectivity index is 1.78. The van der Waals surface area contributed by atoms with Gasteiger partial charge in [-0.25, -0.2) is 0 Å². The largest absolute Gasteiger partial charge is 0.328 e. The standard InChI is InChI=1S/C13H25N3/c1-8-3-4-11-10(7-8)12(14)9-5-6-16(2)13(9)15-11/h8-13,15H,3-7,14H2,1-2H3/p+1. The SMILES string of the molecule is CC1CCC2[NH2+]C3C(CCN3C)C(N)C2C1. The Bertz CT molecular complexity index is 268. The van der Waals surface area contributed by atoms with E-state index in [9.17, 15) is 0 Å². The topological polar surface area (TPSA) is 45.9 Å². The van der Waals surface area contributed by atoms with Gasteiger partial charge in [0, 0.05) is 24.4 Å². The Kier molecular flexibility index (Phi) is 2.73. The number of hydrogen-bond acceptors (Lipinski definition) is 2. The molecule has 0 aromatic heterocycles. The molecule has 4 N–H and O–H groups in total. The number of likely N-dealkylation sites (tertiary alicyclic amines) is 1. The van der Waals surface area contributed by atoms with Gasteiger partial charge in [-0.3, -0.25) is 4.90 Å². The van der Waals surface area contributed by atoms with Crippen molar-refractivity contribution in [2.75, 3.05) is 13.6 Å². The predicted molar refractivity (Wildman–Crippen MR) is 64.7 cm³/mol. The zero-order chi connectivity index (χ0) is 11.3. The van der Waals surface area contributed by atoms with Gasteiger partial charge in [-0.05, 0) is 38.6 Å². The van der Waals surface area contributed by atoms with Crippen molar-refractivity contribution in [3.8, 4) is 0 Å². The first kappa shape index (κ1) is 11.0. The fraction of sp³-hybridized carbons (Fsp3) is 1.00. The first-order valence-corrected chi connectivity index (χ1v) is 6.97. The molecule has 2 saturated heterocycles. The summed E-state index contributed by atoms with van der Waals surface area (Å²) in [6.45, 7) is 3.64. The van der Waals surface area contributed by atoms with Crippen LogP contribution in [0.1, 0.15) is 32.6 Å². The maximum absolute atomic E-state index is 6.55. The molecule has 2 heterocycles. The minimum absolute atomic E-state index is 0.465. The molecule has 3 aliphatic rings. The van der Waals surface area contributed by atoms with Crippen LogP contribution in [0, 0.1) is 17.8 Å². The summed E-state index contributed by atoms with van der Waals surface area (Å²) in [5, 5.41) is 2.65. The molecule has 92 valence electrons. The van der Waals surface area contributed by atoms with E-state index < -0.39 is 0 Å². The third-order valence-corrected chi connectivity index (χ3v) is 5.41. The summed E-state index contributed by atoms with van der Waals surface area (Å²) in [7, 11) is 2.26. The average Bonchev–Trinajstić information content (AvgIpc) is 2.63. The maximum atomic E-state index is 6.55. The fourth-order valence-corrected chi connectivity index (χ4v) is 4.41. The van der Waals surface area contributed by atoms with Crippen LogP contribution in [-0.2, 0) is 0 Å². The van der Waals surface area contributed by atoms with Gasteiger partial charge in [-0.15, -0.1) is 0 Å². The molecular weight excluding hydrogens is 198 g/mol. The lowest BCUT2D eigenvalue weighted by molar-refractivity contribution is -0.759. The second-order valence-electron chi connectivity index (χ2n) is 6.44. The summed E-state index contributed by atoms with van der Waals surface area (Å²) in [4.78, 5) is 2.51. The summed E-state index contributed by atoms with van der Waals surface area (Å²) in [6, 6.07) is 1.28. The van der Waals surface area contributed by atoms with E-state index in [0.29, 0.717) is 12.2 Å². The summed E-state index contributed by atoms with van der Waals surface area (Å²) in [5.41, 5.74) is 6.55. The Labute approximate surface area is 98.8 Å². The first-order valence-electron chi connectivity index (χ1n) is 6.97. The van der Waals surface area contributed by atoms with Crippen molar-refractivity contribution in [2.24, 2.45) is 23.5 Å². The number of nitrogens with two attached hydrogens (primary N) is 2. The molecule has 1 saturated carbocycles. The molecule has 0 aromatic rings. The Morgan fingerprint density at radius 3 is 2.81 bits per heavy atom. The molecule has 16 heavy (non-hydrogen) atoms. The van der Waals surface area contributed by atoms with Gasteiger partial charge in [0.05, 0.1) is 6.04 Å². The molecule has 2 aliphatic heterocycles. The molecule has 6 atom stereocenters. The highest BCUT2D eigenvalue weighted by Crippen LogP contribution is 2.37. The van der Waals surface area contributed by atoms with Gasteiger partial charge >= 0.3 is 0 Å². The van der Waals surface area contributed by atoms with Crippen molar-refractivity contribution in [3.63, 3.8) is 0 Å². The zero-order valence-corrected chi connectivity index (χ0v) is 10.6. The Hall–Kier alpha value is -0.120. The van der Waals surface area contributed by atoms with Crippen molar-refractivity contribution in [1.82, 2.24) is 4.90 Å². The fourth-order valence-electron chi connectivity index (χ4n) is 4.41. The van der Waals surface area contributed by atoms with Crippen LogP contribution in [0.4, 0.5) is 0 Å². The van der Waals surface area contributed by atoms with Crippen LogP contribution < -0.4 is 11.1 Å². The molecule has 0 bridgehead atoms. The molecule has 0 radical (unpaired) electrons. The van der Waals surface area contributed by atoms with Crippen LogP contribution in [0.25, 0.3) is 0 Å². The Morgan fingerprint density at radius 1 is 1.19 bits per heavy atom. The molecule has 0 spiro atoms. The lowest BCUT2D eigenvalue weighted by Crippen LogP contribution is -3.03. The van der Waals surface area contributed by atoms with Crippen LogP contribution in [0.15, 0.2) is 0 Å². The first-order chi connectivity index (χ1) is 7.66. The van der Waals surface area contributed by atoms with Crippen LogP contribution in [0.2, 0.25) is 0 Å². The normalized spacial score (nSPS) is 53.4. The van der Waals surface area contributed by atoms with E-state index in [0.717, 1.165) is 23.8 Å². The molecule has 0 aromatic carbocycles. The van der Waals surface area contributed by atoms with Crippen LogP contribution >= 0.6 is 0 Å². The number of quaternary nitrogens is 1. The average molecular weight is 224 g/mol. The summed E-state index contributed by atoms with van der Waals surface area (Å²) in [6.07, 6.45) is 6.16. The van der Waals surface area contributed by atoms with Crippen LogP contribution in [0.3, 0.4) is 0 Å². The van der Waals surface area contributed by atoms with Gasteiger partial charge in [0.25, 0.3) is 0 Å². The Morgan fingerprint density at radius 2 is 2.00 bits per heavy atom. The summed E-state index contributed by atoms with van der Waals surface area (Å²) in [5.74, 6) is 2.43. The molecule has 3 nitrogen and oxygen atoms in total. The highest BCUT2D eigenvalue weighted by atomic mass is 15.3. The quantitative estimate of drug-likeness (QED) is 0.607. The highest BCUT2D eigenvalue weighted by molar-refractivity contribution is 4.96. The summed E-state index contributed by atoms with van der Waals surface area (Å²) >= 11 is 0. The third-order valence-electron chi connectivity index (χ3n) is 5.41. The zero-order valence-electron chi connectivity index (χ0n) is 10.6. The number of nitrogens with zero attached hydrogens (tertiary/aromatic N) is 1. The molecular formula is C13H26N3+. The highest BCUT2D eigenvalue weighted by Gasteiger charge is 2.51. The van der Waals surface area contributed by atoms with Gasteiger partial charge in [0.15, 0.2) is 0 Å². The molecule has 3 rings (SSSR count). The van der Waals surface area contributed by atoms with Crippen LogP contribution in [-0.4, -0.2) is 36.7 Å². The second kappa shape index (κ2) is 3.97. The lowest BCUT2D eigenvalue weighted by Gasteiger charge is -2.46. The minimum Gasteiger partial charge on any atom is -0.328 e. The minimum atomic E-state index is 0.465. The molecule has 1 aliphatic carbocycles. The molecule has 3 fully saturated rings. The smallest absolute Gasteiger partial charge is 0.146 e. The van der Waals surface area contributed by atoms with Gasteiger partial charge in [-0.1, -0.05) is 6.92 Å². The van der Waals surface area contributed by atoms with E-state index in [1.165, 1.54) is 32.2 Å². The van der Waals surface area contributed by atoms with Crippen molar-refractivity contribution in [3.05, 3.63) is 0 Å². The predicted octanol–water partition coefficient (Wildman–Crippen LogP) is -0.0267. The van der Waals surface area contributed by atoms with E-state index >= 15 is 0 Å². The number of piperidine rings is 1. The van der Waals surface area contributed by atoms with E-state index in [1.807, 2.05) is 0 Å². The molecule has 3 heteroatoms. The van der Waals surface area contributed by atoms with Crippen molar-refractivity contribution in [2.45, 2.75) is 50.9 Å². The van der Waals surface area contributed by atoms with E-state index in [-0.39, 0.29) is 0 Å². The second-order valence-corrected chi connectivity index (χ2v) is 6.44. The van der Waals surface area contributed by atoms with Crippen molar-refractivity contribution in [1.29, 1.82) is 0 Å². The number of fused-ring (bicyclic) bond motifs is 2. The number of hydrogen-bond donors (Lipinski definition) is 2. The lowest BCUT2D eigenvalue weighted by atomic mass is 9.69. The van der Waals surface area contributed by atoms with E-state index in [4.69, 9.17) is 5.73 Å². The van der Waals surface area contributed by atoms with Gasteiger partial charge in [-0.2, -0.15) is 0 Å². The molecule has 6 unspecified atom stereocenters. The van der Waals surface area contributed by atoms with E-state index in [1.54, 1.807) is 0 Å². The number of rotatable bonds is 0. The van der Waals surface area contributed by atoms with Crippen molar-refractivity contribution < 1.29 is 5.32 Å². The maximum Gasteiger partial charge on any atom is 0.146 e. The third kappa shape index (κ3) is 1.60. The van der Waals surface area contributed by atoms with Crippen LogP contribution in [0.5, 0.6) is 0 Å². The summed E-state index contributed by atoms with van der Waals surface area (Å²) < 4.78 is 0. The van der Waals surface area contributed by atoms with Gasteiger partial charge in [0.1, 0.15) is 6.17 Å². The van der Waals surface area contributed by atoms with E-state index in [2.05, 4.69) is 24.2 Å².